The molecule has 0 radical (unpaired) electrons. The summed E-state index contributed by atoms with van der Waals surface area (Å²) < 4.78 is 56.9. The van der Waals surface area contributed by atoms with E-state index in [0.717, 1.165) is 13.1 Å². The van der Waals surface area contributed by atoms with E-state index in [1.165, 1.54) is 32.2 Å². The summed E-state index contributed by atoms with van der Waals surface area (Å²) in [5.74, 6) is 0. The number of rotatable bonds is 5. The lowest BCUT2D eigenvalue weighted by molar-refractivity contribution is -0.141. The Morgan fingerprint density at radius 3 is 2.59 bits per heavy atom. The first-order valence-corrected chi connectivity index (χ1v) is 12.6. The van der Waals surface area contributed by atoms with E-state index in [2.05, 4.69) is 24.6 Å². The van der Waals surface area contributed by atoms with Crippen LogP contribution in [0.3, 0.4) is 0 Å². The molecule has 11 nitrogen and oxygen atoms in total. The van der Waals surface area contributed by atoms with E-state index in [-0.39, 0.29) is 37.4 Å². The van der Waals surface area contributed by atoms with Crippen molar-refractivity contribution in [2.24, 2.45) is 9.50 Å². The van der Waals surface area contributed by atoms with Crippen molar-refractivity contribution in [3.8, 4) is 17.2 Å². The number of amides is 2. The fourth-order valence-corrected chi connectivity index (χ4v) is 5.62. The fourth-order valence-electron chi connectivity index (χ4n) is 3.16. The van der Waals surface area contributed by atoms with E-state index in [1.54, 1.807) is 6.07 Å². The minimum absolute atomic E-state index is 0.00891. The molecule has 2 amide bonds. The first-order valence-electron chi connectivity index (χ1n) is 10.2. The zero-order valence-electron chi connectivity index (χ0n) is 19.5. The number of hydrogen-bond donors (Lipinski definition) is 4. The number of aromatic nitrogens is 3. The van der Waals surface area contributed by atoms with Crippen LogP contribution in [-0.4, -0.2) is 35.4 Å². The highest BCUT2D eigenvalue weighted by Gasteiger charge is 2.36. The number of nitrogens with two attached hydrogens (primary N) is 1. The Labute approximate surface area is 213 Å². The number of aliphatic hydroxyl groups excluding tert-OH is 1. The molecule has 16 heteroatoms. The van der Waals surface area contributed by atoms with Gasteiger partial charge in [0.25, 0.3) is 0 Å². The van der Waals surface area contributed by atoms with Gasteiger partial charge in [0.1, 0.15) is 32.3 Å². The third kappa shape index (κ3) is 6.09. The summed E-state index contributed by atoms with van der Waals surface area (Å²) in [5, 5.41) is 36.9. The lowest BCUT2D eigenvalue weighted by atomic mass is 10.0. The van der Waals surface area contributed by atoms with Gasteiger partial charge in [-0.2, -0.15) is 18.4 Å². The summed E-state index contributed by atoms with van der Waals surface area (Å²) in [5.41, 5.74) is -3.56. The van der Waals surface area contributed by atoms with Crippen LogP contribution in [0.5, 0.6) is 0 Å². The predicted octanol–water partition coefficient (Wildman–Crippen LogP) is 3.45. The quantitative estimate of drug-likeness (QED) is 0.368. The molecule has 0 saturated carbocycles. The van der Waals surface area contributed by atoms with Crippen molar-refractivity contribution in [2.75, 3.05) is 5.32 Å². The number of alkyl halides is 3. The number of nitrogens with one attached hydrogen (secondary N) is 1. The van der Waals surface area contributed by atoms with E-state index in [1.807, 2.05) is 0 Å². The van der Waals surface area contributed by atoms with Gasteiger partial charge in [0, 0.05) is 23.5 Å². The third-order valence-electron chi connectivity index (χ3n) is 4.83. The van der Waals surface area contributed by atoms with Crippen molar-refractivity contribution < 1.29 is 32.4 Å². The molecule has 0 aliphatic heterocycles. The van der Waals surface area contributed by atoms with Gasteiger partial charge in [-0.15, -0.1) is 15.7 Å². The number of anilines is 1. The molecule has 3 rings (SSSR count). The molecule has 1 unspecified atom stereocenters. The van der Waals surface area contributed by atoms with Crippen molar-refractivity contribution in [3.63, 3.8) is 0 Å². The Morgan fingerprint density at radius 1 is 1.35 bits per heavy atom. The van der Waals surface area contributed by atoms with E-state index >= 15 is 0 Å². The van der Waals surface area contributed by atoms with E-state index < -0.39 is 45.6 Å². The maximum Gasteiger partial charge on any atom is 0.433 e. The van der Waals surface area contributed by atoms with Crippen LogP contribution in [0.1, 0.15) is 41.5 Å². The molecule has 5 N–H and O–H groups in total. The van der Waals surface area contributed by atoms with Crippen molar-refractivity contribution in [1.29, 1.82) is 5.26 Å². The van der Waals surface area contributed by atoms with Crippen molar-refractivity contribution in [3.05, 3.63) is 52.2 Å². The summed E-state index contributed by atoms with van der Waals surface area (Å²) in [6.45, 7) is 3.13. The molecular weight excluding hydrogens is 535 g/mol. The van der Waals surface area contributed by atoms with E-state index in [0.29, 0.717) is 11.3 Å². The van der Waals surface area contributed by atoms with Crippen molar-refractivity contribution in [2.45, 2.75) is 43.4 Å². The van der Waals surface area contributed by atoms with Crippen LogP contribution in [0.2, 0.25) is 0 Å². The minimum Gasteiger partial charge on any atom is -0.390 e. The van der Waals surface area contributed by atoms with Crippen molar-refractivity contribution in [1.82, 2.24) is 15.0 Å². The number of urea groups is 1. The van der Waals surface area contributed by atoms with Crippen LogP contribution in [0.15, 0.2) is 33.1 Å². The second-order valence-electron chi connectivity index (χ2n) is 8.12. The van der Waals surface area contributed by atoms with Gasteiger partial charge in [-0.3, -0.25) is 4.98 Å². The highest BCUT2D eigenvalue weighted by molar-refractivity contribution is 7.93. The second kappa shape index (κ2) is 10.1. The average molecular weight is 556 g/mol. The molecule has 0 spiro atoms. The molecule has 0 bridgehead atoms. The zero-order valence-corrected chi connectivity index (χ0v) is 21.1. The molecule has 3 heterocycles. The van der Waals surface area contributed by atoms with Crippen molar-refractivity contribution >= 4 is 33.0 Å². The summed E-state index contributed by atoms with van der Waals surface area (Å²) in [6, 6.07) is 3.13. The molecule has 0 saturated heterocycles. The van der Waals surface area contributed by atoms with E-state index in [9.17, 15) is 32.4 Å². The molecular formula is C21H20F3N7O4S2. The molecule has 1 atom stereocenters. The van der Waals surface area contributed by atoms with Crippen LogP contribution in [0.4, 0.5) is 23.7 Å². The lowest BCUT2D eigenvalue weighted by Gasteiger charge is -2.17. The van der Waals surface area contributed by atoms with Crippen LogP contribution >= 0.6 is 11.3 Å². The normalized spacial score (nSPS) is 13.5. The SMILES string of the molecule is Cc1c(C(F)(F)F)ncc(-c2ccnc(C#N)c2)c1NC(=O)N=S(N)(=O)c1sc(C(C)(C)O)nc1CO. The average Bonchev–Trinajstić information content (AvgIpc) is 3.25. The van der Waals surface area contributed by atoms with Gasteiger partial charge in [0.2, 0.25) is 0 Å². The molecule has 0 aromatic carbocycles. The number of pyridine rings is 2. The minimum atomic E-state index is -4.86. The first-order chi connectivity index (χ1) is 17.1. The van der Waals surface area contributed by atoms with Gasteiger partial charge >= 0.3 is 12.2 Å². The summed E-state index contributed by atoms with van der Waals surface area (Å²) >= 11 is 0.668. The number of halogens is 3. The number of nitriles is 1. The number of nitrogens with zero attached hydrogens (tertiary/aromatic N) is 5. The zero-order chi connectivity index (χ0) is 27.8. The van der Waals surface area contributed by atoms with Gasteiger partial charge in [-0.05, 0) is 38.5 Å². The van der Waals surface area contributed by atoms with Gasteiger partial charge < -0.3 is 15.5 Å². The maximum absolute atomic E-state index is 13.5. The highest BCUT2D eigenvalue weighted by atomic mass is 32.2. The highest BCUT2D eigenvalue weighted by Crippen LogP contribution is 2.38. The molecule has 37 heavy (non-hydrogen) atoms. The number of carbonyl (C=O) groups excluding carboxylic acids is 1. The molecule has 196 valence electrons. The van der Waals surface area contributed by atoms with Crippen LogP contribution in [-0.2, 0) is 28.3 Å². The topological polar surface area (TPSA) is 187 Å². The van der Waals surface area contributed by atoms with Gasteiger partial charge in [-0.25, -0.2) is 24.1 Å². The Hall–Kier alpha value is -3.49. The fraction of sp³-hybridized carbons (Fsp3) is 0.286. The van der Waals surface area contributed by atoms with Crippen LogP contribution < -0.4 is 10.5 Å². The Bertz CT molecular complexity index is 1530. The van der Waals surface area contributed by atoms with Gasteiger partial charge in [0.15, 0.2) is 9.92 Å². The maximum atomic E-state index is 13.5. The second-order valence-corrected chi connectivity index (χ2v) is 11.1. The Balaban J connectivity index is 2.13. The molecule has 3 aromatic rings. The lowest BCUT2D eigenvalue weighted by Crippen LogP contribution is -2.20. The monoisotopic (exact) mass is 555 g/mol. The summed E-state index contributed by atoms with van der Waals surface area (Å²) in [7, 11) is -4.04. The van der Waals surface area contributed by atoms with E-state index in [4.69, 9.17) is 10.4 Å². The number of carbonyl (C=O) groups is 1. The number of hydrogen-bond acceptors (Lipinski definition) is 9. The smallest absolute Gasteiger partial charge is 0.390 e. The van der Waals surface area contributed by atoms with Crippen LogP contribution in [0.25, 0.3) is 11.1 Å². The predicted molar refractivity (Wildman–Crippen MR) is 127 cm³/mol. The summed E-state index contributed by atoms with van der Waals surface area (Å²) in [4.78, 5) is 24.1. The van der Waals surface area contributed by atoms with Gasteiger partial charge in [-0.1, -0.05) is 0 Å². The summed E-state index contributed by atoms with van der Waals surface area (Å²) in [6.07, 6.45) is -2.74. The molecule has 0 fully saturated rings. The Kier molecular flexibility index (Phi) is 7.67. The van der Waals surface area contributed by atoms with Crippen LogP contribution in [0, 0.1) is 18.3 Å². The number of thiazole rings is 1. The van der Waals surface area contributed by atoms with Gasteiger partial charge in [0.05, 0.1) is 18.0 Å². The molecule has 0 aliphatic carbocycles. The number of aliphatic hydroxyl groups is 2. The third-order valence-corrected chi connectivity index (χ3v) is 8.20. The molecule has 0 aliphatic rings. The largest absolute Gasteiger partial charge is 0.433 e. The standard InChI is InChI=1S/C21H20F3N7O4S2/c1-10-15(13(8-28-16(10)21(22,23)24)11-4-5-27-12(6-11)7-25)30-19(33)31-37(26,35)17-14(9-32)29-18(36-17)20(2,3)34/h4-6,8,32,34H,9H2,1-3H3,(H3,26,28,30,31,33,35). The first kappa shape index (κ1) is 28.1. The molecule has 3 aromatic heterocycles. The Morgan fingerprint density at radius 2 is 2.03 bits per heavy atom.